The predicted octanol–water partition coefficient (Wildman–Crippen LogP) is 6.22. The molecule has 10 nitrogen and oxygen atoms in total. The number of alkyl halides is 3. The highest BCUT2D eigenvalue weighted by atomic mass is 32.2. The zero-order valence-corrected chi connectivity index (χ0v) is 24.5. The normalized spacial score (nSPS) is 11.8. The summed E-state index contributed by atoms with van der Waals surface area (Å²) in [5, 5.41) is 4.59. The number of benzene rings is 2. The second-order valence-electron chi connectivity index (χ2n) is 9.49. The van der Waals surface area contributed by atoms with E-state index in [0.29, 0.717) is 16.6 Å². The monoisotopic (exact) mass is 648 g/mol. The molecule has 0 bridgehead atoms. The number of para-hydroxylation sites is 1. The summed E-state index contributed by atoms with van der Waals surface area (Å²) in [6.07, 6.45) is 2.41. The molecule has 0 radical (unpaired) electrons. The third-order valence-electron chi connectivity index (χ3n) is 6.38. The molecule has 0 aliphatic heterocycles. The molecule has 0 saturated carbocycles. The number of ketones is 1. The van der Waals surface area contributed by atoms with Gasteiger partial charge in [-0.25, -0.2) is 22.5 Å². The minimum absolute atomic E-state index is 0.00165. The van der Waals surface area contributed by atoms with Gasteiger partial charge in [-0.1, -0.05) is 23.9 Å². The lowest BCUT2D eigenvalue weighted by molar-refractivity contribution is 0.103. The molecule has 0 aliphatic rings. The van der Waals surface area contributed by atoms with Crippen LogP contribution in [0.5, 0.6) is 11.6 Å². The molecule has 0 fully saturated rings. The van der Waals surface area contributed by atoms with Crippen LogP contribution in [0.15, 0.2) is 65.8 Å². The Morgan fingerprint density at radius 2 is 1.95 bits per heavy atom. The maximum absolute atomic E-state index is 14.0. The second kappa shape index (κ2) is 12.6. The number of H-pyrrole nitrogens is 1. The molecule has 3 aromatic heterocycles. The minimum atomic E-state index is -4.02. The van der Waals surface area contributed by atoms with E-state index in [1.165, 1.54) is 53.5 Å². The van der Waals surface area contributed by atoms with Crippen molar-refractivity contribution in [3.05, 3.63) is 83.6 Å². The van der Waals surface area contributed by atoms with Crippen molar-refractivity contribution in [2.75, 3.05) is 22.9 Å². The SMILES string of the molecule is Cc1cc(Oc2ccccc2F)ncc1-n1ncc(C(=O)c2cc3cc(SC(F)F)c(NS(=O)(=O)CCCF)cc3[nH]2)c1N. The summed E-state index contributed by atoms with van der Waals surface area (Å²) >= 11 is 0.125. The summed E-state index contributed by atoms with van der Waals surface area (Å²) < 4.78 is 86.7. The van der Waals surface area contributed by atoms with Crippen molar-refractivity contribution in [3.8, 4) is 17.3 Å². The fourth-order valence-electron chi connectivity index (χ4n) is 4.33. The average molecular weight is 649 g/mol. The van der Waals surface area contributed by atoms with E-state index in [1.54, 1.807) is 19.1 Å². The molecule has 0 aliphatic carbocycles. The number of carbonyl (C=O) groups is 1. The molecule has 0 saturated heterocycles. The molecule has 0 amide bonds. The number of hydrogen-bond donors (Lipinski definition) is 3. The van der Waals surface area contributed by atoms with Crippen molar-refractivity contribution in [1.29, 1.82) is 0 Å². The molecule has 230 valence electrons. The number of anilines is 2. The van der Waals surface area contributed by atoms with Gasteiger partial charge in [-0.05, 0) is 49.2 Å². The first kappa shape index (κ1) is 30.9. The first-order valence-electron chi connectivity index (χ1n) is 12.9. The zero-order chi connectivity index (χ0) is 31.6. The van der Waals surface area contributed by atoms with E-state index in [0.717, 1.165) is 0 Å². The minimum Gasteiger partial charge on any atom is -0.436 e. The molecule has 0 spiro atoms. The van der Waals surface area contributed by atoms with Gasteiger partial charge in [0.05, 0.1) is 47.5 Å². The fourth-order valence-corrected chi connectivity index (χ4v) is 6.11. The Bertz CT molecular complexity index is 1960. The van der Waals surface area contributed by atoms with Gasteiger partial charge in [0.1, 0.15) is 5.82 Å². The van der Waals surface area contributed by atoms with Crippen LogP contribution in [-0.2, 0) is 10.0 Å². The number of nitrogens with two attached hydrogens (primary N) is 1. The Hall–Kier alpha value is -4.57. The van der Waals surface area contributed by atoms with E-state index in [2.05, 4.69) is 19.8 Å². The summed E-state index contributed by atoms with van der Waals surface area (Å²) in [7, 11) is -4.02. The van der Waals surface area contributed by atoms with Gasteiger partial charge in [-0.2, -0.15) is 13.9 Å². The highest BCUT2D eigenvalue weighted by molar-refractivity contribution is 7.99. The van der Waals surface area contributed by atoms with Gasteiger partial charge in [0.15, 0.2) is 11.6 Å². The third kappa shape index (κ3) is 6.65. The highest BCUT2D eigenvalue weighted by Gasteiger charge is 2.23. The van der Waals surface area contributed by atoms with Gasteiger partial charge in [-0.3, -0.25) is 13.9 Å². The second-order valence-corrected chi connectivity index (χ2v) is 12.4. The lowest BCUT2D eigenvalue weighted by Crippen LogP contribution is -2.17. The number of nitrogen functional groups attached to an aromatic ring is 1. The van der Waals surface area contributed by atoms with E-state index >= 15 is 0 Å². The van der Waals surface area contributed by atoms with Gasteiger partial charge < -0.3 is 15.5 Å². The van der Waals surface area contributed by atoms with Crippen molar-refractivity contribution in [2.45, 2.75) is 24.0 Å². The quantitative estimate of drug-likeness (QED) is 0.0822. The van der Waals surface area contributed by atoms with E-state index in [-0.39, 0.29) is 63.0 Å². The number of halogens is 4. The number of ether oxygens (including phenoxy) is 1. The van der Waals surface area contributed by atoms with Crippen LogP contribution in [0.3, 0.4) is 0 Å². The van der Waals surface area contributed by atoms with Crippen molar-refractivity contribution in [2.24, 2.45) is 0 Å². The van der Waals surface area contributed by atoms with E-state index < -0.39 is 39.8 Å². The van der Waals surface area contributed by atoms with E-state index in [4.69, 9.17) is 10.5 Å². The maximum Gasteiger partial charge on any atom is 0.288 e. The van der Waals surface area contributed by atoms with Crippen LogP contribution in [-0.4, -0.2) is 52.1 Å². The van der Waals surface area contributed by atoms with E-state index in [1.807, 2.05) is 0 Å². The Labute approximate surface area is 252 Å². The first-order valence-corrected chi connectivity index (χ1v) is 15.4. The Kier molecular flexibility index (Phi) is 8.82. The average Bonchev–Trinajstić information content (AvgIpc) is 3.55. The summed E-state index contributed by atoms with van der Waals surface area (Å²) in [5.74, 6) is -4.40. The van der Waals surface area contributed by atoms with Crippen LogP contribution in [0, 0.1) is 12.7 Å². The zero-order valence-electron chi connectivity index (χ0n) is 22.9. The van der Waals surface area contributed by atoms with Crippen molar-refractivity contribution >= 4 is 50.0 Å². The number of nitrogens with zero attached hydrogens (tertiary/aromatic N) is 3. The number of aryl methyl sites for hydroxylation is 1. The molecule has 4 N–H and O–H groups in total. The molecular formula is C28H24F4N6O4S2. The first-order chi connectivity index (χ1) is 21.0. The summed E-state index contributed by atoms with van der Waals surface area (Å²) in [6, 6.07) is 11.5. The van der Waals surface area contributed by atoms with Crippen molar-refractivity contribution in [1.82, 2.24) is 19.7 Å². The predicted molar refractivity (Wildman–Crippen MR) is 159 cm³/mol. The van der Waals surface area contributed by atoms with Gasteiger partial charge in [0, 0.05) is 21.9 Å². The molecule has 3 heterocycles. The Morgan fingerprint density at radius 3 is 2.66 bits per heavy atom. The van der Waals surface area contributed by atoms with Gasteiger partial charge in [-0.15, -0.1) is 0 Å². The molecule has 0 unspecified atom stereocenters. The standard InChI is InChI=1S/C28H24F4N6O4S2/c1-15-9-25(42-23-6-3-2-5-18(23)30)34-14-22(15)38-27(33)17(13-35-38)26(39)21-10-16-11-24(43-28(31)32)20(12-19(16)36-21)37-44(40,41)8-4-7-29/h2-3,5-6,9-14,28,36-37H,4,7-8,33H2,1H3. The number of rotatable bonds is 12. The number of aromatic amines is 1. The maximum atomic E-state index is 14.0. The number of thioether (sulfide) groups is 1. The third-order valence-corrected chi connectivity index (χ3v) is 8.51. The largest absolute Gasteiger partial charge is 0.436 e. The topological polar surface area (TPSA) is 145 Å². The summed E-state index contributed by atoms with van der Waals surface area (Å²) in [4.78, 5) is 20.4. The molecule has 2 aromatic carbocycles. The van der Waals surface area contributed by atoms with Crippen LogP contribution < -0.4 is 15.2 Å². The fraction of sp³-hybridized carbons (Fsp3) is 0.179. The highest BCUT2D eigenvalue weighted by Crippen LogP contribution is 2.36. The lowest BCUT2D eigenvalue weighted by Gasteiger charge is -2.12. The van der Waals surface area contributed by atoms with Gasteiger partial charge in [0.2, 0.25) is 21.7 Å². The number of fused-ring (bicyclic) bond motifs is 1. The van der Waals surface area contributed by atoms with Crippen molar-refractivity contribution < 1.29 is 35.5 Å². The summed E-state index contributed by atoms with van der Waals surface area (Å²) in [6.45, 7) is 0.871. The van der Waals surface area contributed by atoms with Crippen LogP contribution >= 0.6 is 11.8 Å². The molecule has 5 rings (SSSR count). The molecule has 44 heavy (non-hydrogen) atoms. The number of hydrogen-bond acceptors (Lipinski definition) is 8. The number of aromatic nitrogens is 4. The number of sulfonamides is 1. The van der Waals surface area contributed by atoms with Crippen molar-refractivity contribution in [3.63, 3.8) is 0 Å². The van der Waals surface area contributed by atoms with Crippen LogP contribution in [0.4, 0.5) is 29.1 Å². The van der Waals surface area contributed by atoms with Crippen LogP contribution in [0.1, 0.15) is 28.0 Å². The Balaban J connectivity index is 1.43. The van der Waals surface area contributed by atoms with E-state index in [9.17, 15) is 30.8 Å². The smallest absolute Gasteiger partial charge is 0.288 e. The van der Waals surface area contributed by atoms with Crippen LogP contribution in [0.2, 0.25) is 0 Å². The van der Waals surface area contributed by atoms with Gasteiger partial charge in [0.25, 0.3) is 5.76 Å². The number of pyridine rings is 1. The Morgan fingerprint density at radius 1 is 1.18 bits per heavy atom. The molecule has 5 aromatic rings. The summed E-state index contributed by atoms with van der Waals surface area (Å²) in [5.41, 5.74) is 7.55. The molecule has 0 atom stereocenters. The van der Waals surface area contributed by atoms with Crippen LogP contribution in [0.25, 0.3) is 16.6 Å². The number of nitrogens with one attached hydrogen (secondary N) is 2. The van der Waals surface area contributed by atoms with Gasteiger partial charge >= 0.3 is 0 Å². The number of carbonyl (C=O) groups excluding carboxylic acids is 1. The molecule has 16 heteroatoms. The molecular weight excluding hydrogens is 624 g/mol. The lowest BCUT2D eigenvalue weighted by atomic mass is 10.1.